The minimum Gasteiger partial charge on any atom is -1.00 e. The van der Waals surface area contributed by atoms with E-state index in [9.17, 15) is 19.2 Å². The quantitative estimate of drug-likeness (QED) is 0.104. The van der Waals surface area contributed by atoms with Gasteiger partial charge in [-0.05, 0) is 60.2 Å². The molecule has 0 fully saturated rings. The van der Waals surface area contributed by atoms with Crippen LogP contribution in [0.4, 0.5) is 0 Å². The van der Waals surface area contributed by atoms with E-state index in [1.165, 1.54) is 22.7 Å². The average Bonchev–Trinajstić information content (AvgIpc) is 3.60. The molecule has 0 saturated carbocycles. The molecule has 38 heavy (non-hydrogen) atoms. The van der Waals surface area contributed by atoms with Gasteiger partial charge in [-0.15, -0.1) is 35.5 Å². The third kappa shape index (κ3) is 21.6. The predicted octanol–water partition coefficient (Wildman–Crippen LogP) is 5.36. The van der Waals surface area contributed by atoms with Crippen molar-refractivity contribution in [2.75, 3.05) is 26.4 Å². The van der Waals surface area contributed by atoms with E-state index in [1.807, 2.05) is 17.2 Å². The first-order valence-electron chi connectivity index (χ1n) is 10.1. The van der Waals surface area contributed by atoms with Gasteiger partial charge in [-0.1, -0.05) is 32.7 Å². The second-order valence-corrected chi connectivity index (χ2v) is 8.45. The summed E-state index contributed by atoms with van der Waals surface area (Å²) < 4.78 is 14.1. The summed E-state index contributed by atoms with van der Waals surface area (Å²) >= 11 is 7.77. The first-order chi connectivity index (χ1) is 17.5. The van der Waals surface area contributed by atoms with E-state index in [0.717, 1.165) is 0 Å². The molecule has 0 aliphatic rings. The van der Waals surface area contributed by atoms with Crippen LogP contribution in [0.2, 0.25) is 0 Å². The topological polar surface area (TPSA) is 116 Å². The van der Waals surface area contributed by atoms with Gasteiger partial charge in [0.05, 0.1) is 11.5 Å². The van der Waals surface area contributed by atoms with Crippen molar-refractivity contribution in [2.45, 2.75) is 21.3 Å². The number of ether oxygens (including phenoxy) is 3. The van der Waals surface area contributed by atoms with Crippen LogP contribution in [0.3, 0.4) is 0 Å². The first-order valence-corrected chi connectivity index (χ1v) is 12.3. The van der Waals surface area contributed by atoms with E-state index in [-0.39, 0.29) is 41.9 Å². The van der Waals surface area contributed by atoms with Gasteiger partial charge >= 0.3 is 17.9 Å². The smallest absolute Gasteiger partial charge is 0.348 e. The molecule has 0 bridgehead atoms. The Kier molecular flexibility index (Phi) is 25.6. The van der Waals surface area contributed by atoms with Crippen molar-refractivity contribution in [3.8, 4) is 24.7 Å². The third-order valence-electron chi connectivity index (χ3n) is 3.09. The fourth-order valence-electron chi connectivity index (χ4n) is 1.51. The highest BCUT2D eigenvalue weighted by molar-refractivity contribution is 7.14. The van der Waals surface area contributed by atoms with Crippen LogP contribution in [-0.4, -0.2) is 54.7 Å². The molecule has 8 nitrogen and oxygen atoms in total. The molecule has 11 heteroatoms. The zero-order valence-electron chi connectivity index (χ0n) is 22.4. The van der Waals surface area contributed by atoms with Gasteiger partial charge in [0.2, 0.25) is 0 Å². The number of hydrogen-bond donors (Lipinski definition) is 1. The fourth-order valence-corrected chi connectivity index (χ4v) is 2.88. The van der Waals surface area contributed by atoms with Crippen molar-refractivity contribution in [1.29, 1.82) is 0 Å². The van der Waals surface area contributed by atoms with Crippen molar-refractivity contribution >= 4 is 57.4 Å². The maximum atomic E-state index is 11.3. The van der Waals surface area contributed by atoms with Crippen LogP contribution in [0, 0.1) is 24.7 Å². The van der Waals surface area contributed by atoms with Crippen LogP contribution in [0.15, 0.2) is 59.3 Å². The minimum absolute atomic E-state index is 0. The van der Waals surface area contributed by atoms with Crippen molar-refractivity contribution < 1.29 is 41.3 Å². The highest BCUT2D eigenvalue weighted by Gasteiger charge is 2.08. The van der Waals surface area contributed by atoms with Gasteiger partial charge in [-0.2, -0.15) is 0 Å². The summed E-state index contributed by atoms with van der Waals surface area (Å²) in [5.74, 6) is 2.58. The SMILES string of the molecule is C.C#CC#C.C=C(C)C(=O)OCCO.C=C(C)C(=O)OCCOC(=O)c1cccs1.O=C(Cl)c1cccs1.[3H-].[3H-]. The Morgan fingerprint density at radius 2 is 1.32 bits per heavy atom. The predicted molar refractivity (Wildman–Crippen MR) is 154 cm³/mol. The van der Waals surface area contributed by atoms with E-state index in [1.54, 1.807) is 43.5 Å². The summed E-state index contributed by atoms with van der Waals surface area (Å²) in [4.78, 5) is 44.2. The lowest BCUT2D eigenvalue weighted by molar-refractivity contribution is -0.140. The molecule has 0 aliphatic carbocycles. The van der Waals surface area contributed by atoms with Crippen molar-refractivity contribution in [3.05, 3.63) is 69.1 Å². The fraction of sp³-hybridized carbons (Fsp3) is 0.259. The molecule has 2 aromatic rings. The molecule has 0 radical (unpaired) electrons. The van der Waals surface area contributed by atoms with Crippen LogP contribution in [-0.2, 0) is 23.8 Å². The summed E-state index contributed by atoms with van der Waals surface area (Å²) in [5.41, 5.74) is 0.674. The summed E-state index contributed by atoms with van der Waals surface area (Å²) in [5, 5.41) is 11.4. The lowest BCUT2D eigenvalue weighted by atomic mass is 10.4. The molecule has 0 saturated heterocycles. The van der Waals surface area contributed by atoms with Crippen LogP contribution in [0.5, 0.6) is 0 Å². The Morgan fingerprint density at radius 3 is 1.63 bits per heavy atom. The molecule has 0 aromatic carbocycles. The molecular weight excluding hydrogens is 552 g/mol. The van der Waals surface area contributed by atoms with Gasteiger partial charge in [-0.3, -0.25) is 4.79 Å². The lowest BCUT2D eigenvalue weighted by Gasteiger charge is -2.04. The molecule has 1 N–H and O–H groups in total. The molecule has 0 amide bonds. The molecule has 0 aliphatic heterocycles. The van der Waals surface area contributed by atoms with E-state index in [4.69, 9.17) is 26.2 Å². The van der Waals surface area contributed by atoms with Crippen molar-refractivity contribution in [1.82, 2.24) is 0 Å². The Labute approximate surface area is 239 Å². The van der Waals surface area contributed by atoms with E-state index in [0.29, 0.717) is 20.9 Å². The standard InChI is InChI=1S/C11H12O4S.C6H10O3.C5H3ClOS.C4H2.CH4.2H/c1-8(2)10(12)14-5-6-15-11(13)9-4-3-7-16-9;1-5(2)6(8)9-4-3-7;6-5(7)4-2-1-3-8-4;1-3-4-2;;;/h3-4,7H,1,5-6H2,2H3;7H,1,3-4H2,2H3;1-3H;1-2H;1H4;;/q;;;;;2*-1/i;;;;;2*1+2. The number of hydrogen-bond acceptors (Lipinski definition) is 10. The number of aliphatic hydroxyl groups is 1. The van der Waals surface area contributed by atoms with Gasteiger partial charge in [0.25, 0.3) is 5.24 Å². The molecule has 0 unspecified atom stereocenters. The van der Waals surface area contributed by atoms with Crippen LogP contribution in [0.1, 0.15) is 43.5 Å². The van der Waals surface area contributed by atoms with Crippen molar-refractivity contribution in [2.24, 2.45) is 0 Å². The maximum absolute atomic E-state index is 11.3. The summed E-state index contributed by atoms with van der Waals surface area (Å²) in [6.07, 6.45) is 9.08. The molecule has 0 atom stereocenters. The number of rotatable bonds is 9. The molecular formula is C27H33ClO8S2-2. The highest BCUT2D eigenvalue weighted by atomic mass is 35.5. The lowest BCUT2D eigenvalue weighted by Crippen LogP contribution is -2.13. The number of thiophene rings is 2. The molecule has 210 valence electrons. The van der Waals surface area contributed by atoms with Gasteiger partial charge < -0.3 is 22.2 Å². The van der Waals surface area contributed by atoms with Crippen LogP contribution >= 0.6 is 34.3 Å². The Hall–Kier alpha value is -3.67. The minimum atomic E-state index is -0.479. The van der Waals surface area contributed by atoms with E-state index < -0.39 is 17.9 Å². The second kappa shape index (κ2) is 25.0. The summed E-state index contributed by atoms with van der Waals surface area (Å²) in [6, 6.07) is 6.93. The molecule has 0 spiro atoms. The number of carbonyl (C=O) groups excluding carboxylic acids is 4. The van der Waals surface area contributed by atoms with Crippen molar-refractivity contribution in [3.63, 3.8) is 0 Å². The number of terminal acetylenes is 2. The molecule has 2 heterocycles. The number of carbonyl (C=O) groups is 4. The Morgan fingerprint density at radius 1 is 0.895 bits per heavy atom. The highest BCUT2D eigenvalue weighted by Crippen LogP contribution is 2.10. The van der Waals surface area contributed by atoms with Gasteiger partial charge in [-0.25, -0.2) is 14.4 Å². The number of aliphatic hydroxyl groups excluding tert-OH is 1. The van der Waals surface area contributed by atoms with Crippen LogP contribution in [0.25, 0.3) is 0 Å². The molecule has 2 aromatic heterocycles. The Bertz CT molecular complexity index is 1070. The second-order valence-electron chi connectivity index (χ2n) is 6.21. The molecule has 2 rings (SSSR count). The summed E-state index contributed by atoms with van der Waals surface area (Å²) in [6.45, 7) is 9.89. The summed E-state index contributed by atoms with van der Waals surface area (Å²) in [7, 11) is 0. The van der Waals surface area contributed by atoms with Gasteiger partial charge in [0.15, 0.2) is 0 Å². The first kappa shape index (κ1) is 38.9. The number of esters is 3. The largest absolute Gasteiger partial charge is 1.00 e. The van der Waals surface area contributed by atoms with Gasteiger partial charge in [0.1, 0.15) is 24.7 Å². The zero-order chi connectivity index (χ0) is 28.6. The maximum Gasteiger partial charge on any atom is 0.348 e. The Balaban J connectivity index is -0.000000147. The normalized spacial score (nSPS) is 8.26. The van der Waals surface area contributed by atoms with E-state index >= 15 is 0 Å². The third-order valence-corrected chi connectivity index (χ3v) is 5.13. The monoisotopic (exact) mass is 588 g/mol. The number of halogens is 1. The van der Waals surface area contributed by atoms with E-state index in [2.05, 4.69) is 30.7 Å². The van der Waals surface area contributed by atoms with Crippen LogP contribution < -0.4 is 0 Å². The van der Waals surface area contributed by atoms with Gasteiger partial charge in [0, 0.05) is 11.1 Å². The average molecular weight is 589 g/mol. The zero-order valence-corrected chi connectivity index (χ0v) is 22.7.